The van der Waals surface area contributed by atoms with E-state index in [1.807, 2.05) is 60.7 Å². The number of rotatable bonds is 6. The van der Waals surface area contributed by atoms with Crippen molar-refractivity contribution < 1.29 is 9.47 Å². The van der Waals surface area contributed by atoms with E-state index in [9.17, 15) is 10.5 Å². The first kappa shape index (κ1) is 19.7. The maximum atomic E-state index is 9.69. The zero-order valence-electron chi connectivity index (χ0n) is 15.3. The lowest BCUT2D eigenvalue weighted by molar-refractivity contribution is 0.414. The standard InChI is InChI=1S/C22H16N2O2S2/c1-25-15-3-7-17(8-4-15)27-21-11-12-22(20(14-24)19(21)13-23)28-18-9-5-16(26-2)6-10-18/h3-12H,1-2H3. The van der Waals surface area contributed by atoms with E-state index in [0.717, 1.165) is 31.1 Å². The van der Waals surface area contributed by atoms with Gasteiger partial charge in [-0.2, -0.15) is 10.5 Å². The molecule has 0 aromatic heterocycles. The lowest BCUT2D eigenvalue weighted by Gasteiger charge is -2.10. The molecular formula is C22H16N2O2S2. The molecule has 0 bridgehead atoms. The van der Waals surface area contributed by atoms with Crippen LogP contribution in [-0.2, 0) is 0 Å². The quantitative estimate of drug-likeness (QED) is 0.521. The number of benzene rings is 3. The van der Waals surface area contributed by atoms with Crippen molar-refractivity contribution in [2.45, 2.75) is 19.6 Å². The monoisotopic (exact) mass is 404 g/mol. The van der Waals surface area contributed by atoms with Gasteiger partial charge in [-0.05, 0) is 60.7 Å². The first-order valence-electron chi connectivity index (χ1n) is 8.29. The van der Waals surface area contributed by atoms with Gasteiger partial charge in [0.1, 0.15) is 23.6 Å². The van der Waals surface area contributed by atoms with Crippen molar-refractivity contribution in [2.75, 3.05) is 14.2 Å². The number of hydrogen-bond acceptors (Lipinski definition) is 6. The molecule has 6 heteroatoms. The van der Waals surface area contributed by atoms with Crippen molar-refractivity contribution in [3.8, 4) is 23.6 Å². The van der Waals surface area contributed by atoms with Gasteiger partial charge < -0.3 is 9.47 Å². The van der Waals surface area contributed by atoms with Crippen LogP contribution in [-0.4, -0.2) is 14.2 Å². The Morgan fingerprint density at radius 1 is 0.607 bits per heavy atom. The minimum absolute atomic E-state index is 0.391. The summed E-state index contributed by atoms with van der Waals surface area (Å²) in [6.45, 7) is 0. The van der Waals surface area contributed by atoms with Crippen LogP contribution in [0.15, 0.2) is 80.2 Å². The highest BCUT2D eigenvalue weighted by molar-refractivity contribution is 8.00. The van der Waals surface area contributed by atoms with E-state index < -0.39 is 0 Å². The first-order chi connectivity index (χ1) is 13.7. The van der Waals surface area contributed by atoms with Crippen LogP contribution in [0.5, 0.6) is 11.5 Å². The average Bonchev–Trinajstić information content (AvgIpc) is 2.75. The van der Waals surface area contributed by atoms with Crippen LogP contribution >= 0.6 is 23.5 Å². The van der Waals surface area contributed by atoms with Gasteiger partial charge in [0.25, 0.3) is 0 Å². The van der Waals surface area contributed by atoms with E-state index >= 15 is 0 Å². The molecule has 4 nitrogen and oxygen atoms in total. The topological polar surface area (TPSA) is 66.0 Å². The molecule has 0 radical (unpaired) electrons. The Labute approximate surface area is 172 Å². The Morgan fingerprint density at radius 2 is 0.964 bits per heavy atom. The molecule has 0 heterocycles. The van der Waals surface area contributed by atoms with E-state index in [4.69, 9.17) is 9.47 Å². The van der Waals surface area contributed by atoms with Crippen LogP contribution < -0.4 is 9.47 Å². The molecule has 28 heavy (non-hydrogen) atoms. The summed E-state index contributed by atoms with van der Waals surface area (Å²) >= 11 is 2.91. The van der Waals surface area contributed by atoms with Gasteiger partial charge in [-0.3, -0.25) is 0 Å². The summed E-state index contributed by atoms with van der Waals surface area (Å²) in [5, 5.41) is 19.4. The predicted octanol–water partition coefficient (Wildman–Crippen LogP) is 5.75. The number of ether oxygens (including phenoxy) is 2. The summed E-state index contributed by atoms with van der Waals surface area (Å²) in [4.78, 5) is 3.44. The summed E-state index contributed by atoms with van der Waals surface area (Å²) in [6.07, 6.45) is 0. The molecule has 0 aliphatic heterocycles. The Balaban J connectivity index is 1.91. The second-order valence-corrected chi connectivity index (χ2v) is 7.82. The van der Waals surface area contributed by atoms with Crippen molar-refractivity contribution in [2.24, 2.45) is 0 Å². The Kier molecular flexibility index (Phi) is 6.49. The van der Waals surface area contributed by atoms with E-state index in [2.05, 4.69) is 12.1 Å². The lowest BCUT2D eigenvalue weighted by atomic mass is 10.1. The third-order valence-corrected chi connectivity index (χ3v) is 6.06. The molecular weight excluding hydrogens is 388 g/mol. The second kappa shape index (κ2) is 9.23. The van der Waals surface area contributed by atoms with E-state index in [-0.39, 0.29) is 0 Å². The molecule has 3 aromatic rings. The number of hydrogen-bond donors (Lipinski definition) is 0. The van der Waals surface area contributed by atoms with Gasteiger partial charge in [-0.1, -0.05) is 23.5 Å². The molecule has 0 aliphatic carbocycles. The van der Waals surface area contributed by atoms with Crippen molar-refractivity contribution in [1.82, 2.24) is 0 Å². The molecule has 0 spiro atoms. The predicted molar refractivity (Wildman–Crippen MR) is 110 cm³/mol. The van der Waals surface area contributed by atoms with Gasteiger partial charge >= 0.3 is 0 Å². The van der Waals surface area contributed by atoms with Gasteiger partial charge in [-0.25, -0.2) is 0 Å². The smallest absolute Gasteiger partial charge is 0.118 e. The Bertz CT molecular complexity index is 964. The summed E-state index contributed by atoms with van der Waals surface area (Å²) in [5.41, 5.74) is 0.781. The normalized spacial score (nSPS) is 10.0. The number of methoxy groups -OCH3 is 2. The van der Waals surface area contributed by atoms with E-state index in [0.29, 0.717) is 11.1 Å². The van der Waals surface area contributed by atoms with Gasteiger partial charge in [0.05, 0.1) is 25.3 Å². The zero-order valence-corrected chi connectivity index (χ0v) is 16.9. The minimum atomic E-state index is 0.391. The lowest BCUT2D eigenvalue weighted by Crippen LogP contribution is -1.92. The molecule has 3 rings (SSSR count). The van der Waals surface area contributed by atoms with Gasteiger partial charge in [0.15, 0.2) is 0 Å². The van der Waals surface area contributed by atoms with Crippen molar-refractivity contribution in [3.05, 3.63) is 71.8 Å². The maximum absolute atomic E-state index is 9.69. The molecule has 0 amide bonds. The molecule has 3 aromatic carbocycles. The molecule has 0 atom stereocenters. The molecule has 0 fully saturated rings. The summed E-state index contributed by atoms with van der Waals surface area (Å²) in [7, 11) is 3.24. The maximum Gasteiger partial charge on any atom is 0.118 e. The summed E-state index contributed by atoms with van der Waals surface area (Å²) in [6, 6.07) is 23.4. The van der Waals surface area contributed by atoms with Crippen LogP contribution in [0.4, 0.5) is 0 Å². The number of nitriles is 2. The van der Waals surface area contributed by atoms with Gasteiger partial charge in [-0.15, -0.1) is 0 Å². The zero-order chi connectivity index (χ0) is 19.9. The molecule has 0 unspecified atom stereocenters. The minimum Gasteiger partial charge on any atom is -0.497 e. The fourth-order valence-electron chi connectivity index (χ4n) is 2.50. The third kappa shape index (κ3) is 4.43. The highest BCUT2D eigenvalue weighted by atomic mass is 32.2. The van der Waals surface area contributed by atoms with E-state index in [1.165, 1.54) is 23.5 Å². The van der Waals surface area contributed by atoms with Crippen LogP contribution in [0.2, 0.25) is 0 Å². The fraction of sp³-hybridized carbons (Fsp3) is 0.0909. The number of nitrogens with zero attached hydrogens (tertiary/aromatic N) is 2. The summed E-state index contributed by atoms with van der Waals surface area (Å²) in [5.74, 6) is 1.54. The SMILES string of the molecule is COc1ccc(Sc2ccc(Sc3ccc(OC)cc3)c(C#N)c2C#N)cc1. The largest absolute Gasteiger partial charge is 0.497 e. The molecule has 0 saturated heterocycles. The van der Waals surface area contributed by atoms with Crippen LogP contribution in [0.1, 0.15) is 11.1 Å². The van der Waals surface area contributed by atoms with Crippen LogP contribution in [0, 0.1) is 22.7 Å². The third-order valence-electron chi connectivity index (χ3n) is 3.93. The first-order valence-corrected chi connectivity index (χ1v) is 9.92. The molecule has 0 aliphatic rings. The molecule has 0 saturated carbocycles. The van der Waals surface area contributed by atoms with Crippen LogP contribution in [0.3, 0.4) is 0 Å². The molecule has 0 N–H and O–H groups in total. The highest BCUT2D eigenvalue weighted by Crippen LogP contribution is 2.38. The molecule has 138 valence electrons. The van der Waals surface area contributed by atoms with Gasteiger partial charge in [0.2, 0.25) is 0 Å². The van der Waals surface area contributed by atoms with Crippen molar-refractivity contribution in [3.63, 3.8) is 0 Å². The van der Waals surface area contributed by atoms with Crippen molar-refractivity contribution >= 4 is 23.5 Å². The van der Waals surface area contributed by atoms with E-state index in [1.54, 1.807) is 14.2 Å². The second-order valence-electron chi connectivity index (χ2n) is 5.59. The highest BCUT2D eigenvalue weighted by Gasteiger charge is 2.15. The Hall–Kier alpha value is -3.06. The average molecular weight is 405 g/mol. The van der Waals surface area contributed by atoms with Gasteiger partial charge in [0, 0.05) is 19.6 Å². The fourth-order valence-corrected chi connectivity index (χ4v) is 4.32. The van der Waals surface area contributed by atoms with Crippen LogP contribution in [0.25, 0.3) is 0 Å². The Morgan fingerprint density at radius 3 is 1.25 bits per heavy atom. The van der Waals surface area contributed by atoms with Crippen molar-refractivity contribution in [1.29, 1.82) is 10.5 Å². The summed E-state index contributed by atoms with van der Waals surface area (Å²) < 4.78 is 10.3.